The Morgan fingerprint density at radius 3 is 2.17 bits per heavy atom. The second-order valence-corrected chi connectivity index (χ2v) is 20.0. The molecule has 0 unspecified atom stereocenters. The van der Waals surface area contributed by atoms with Crippen LogP contribution in [0.5, 0.6) is 0 Å². The van der Waals surface area contributed by atoms with Gasteiger partial charge in [-0.15, -0.1) is 0 Å². The molecule has 4 heteroatoms. The number of fused-ring (bicyclic) bond motifs is 1. The molecule has 2 aliphatic rings. The minimum absolute atomic E-state index is 0.172. The maximum atomic E-state index is 12.6. The highest BCUT2D eigenvalue weighted by Crippen LogP contribution is 2.48. The Bertz CT molecular complexity index is 494. The summed E-state index contributed by atoms with van der Waals surface area (Å²) < 4.78 is 6.75. The summed E-state index contributed by atoms with van der Waals surface area (Å²) in [4.78, 5) is 12.6. The summed E-state index contributed by atoms with van der Waals surface area (Å²) in [6.45, 7) is 18.7. The largest absolute Gasteiger partial charge is 0.414 e. The van der Waals surface area contributed by atoms with Gasteiger partial charge in [0.25, 0.3) is 0 Å². The van der Waals surface area contributed by atoms with Crippen LogP contribution < -0.4 is 0 Å². The Labute approximate surface area is 145 Å². The monoisotopic (exact) mass is 352 g/mol. The SMILES string of the molecule is CC(C)(C)[Si](C)(C)O[C@H]1CCC(=O)[C@@H]2/C(=C/[Si](C)(C)C)CC[C@H]12. The van der Waals surface area contributed by atoms with Crippen LogP contribution in [0, 0.1) is 11.8 Å². The highest BCUT2D eigenvalue weighted by atomic mass is 28.4. The molecule has 23 heavy (non-hydrogen) atoms. The zero-order valence-electron chi connectivity index (χ0n) is 16.5. The summed E-state index contributed by atoms with van der Waals surface area (Å²) in [5, 5.41) is 0.236. The molecule has 132 valence electrons. The average Bonchev–Trinajstić information content (AvgIpc) is 2.74. The van der Waals surface area contributed by atoms with Gasteiger partial charge in [-0.25, -0.2) is 0 Å². The van der Waals surface area contributed by atoms with E-state index in [-0.39, 0.29) is 11.0 Å². The molecular weight excluding hydrogens is 316 g/mol. The van der Waals surface area contributed by atoms with Crippen molar-refractivity contribution in [2.75, 3.05) is 0 Å². The summed E-state index contributed by atoms with van der Waals surface area (Å²) in [7, 11) is -3.04. The zero-order chi connectivity index (χ0) is 17.6. The molecule has 0 saturated heterocycles. The molecule has 0 radical (unpaired) electrons. The van der Waals surface area contributed by atoms with E-state index in [1.54, 1.807) is 0 Å². The second kappa shape index (κ2) is 6.27. The van der Waals surface area contributed by atoms with Crippen LogP contribution in [0.4, 0.5) is 0 Å². The van der Waals surface area contributed by atoms with Gasteiger partial charge in [-0.1, -0.05) is 51.7 Å². The molecule has 2 saturated carbocycles. The lowest BCUT2D eigenvalue weighted by atomic mass is 9.77. The third-order valence-corrected chi connectivity index (χ3v) is 11.7. The number of allylic oxidation sites excluding steroid dienone is 1. The van der Waals surface area contributed by atoms with Crippen LogP contribution in [0.3, 0.4) is 0 Å². The summed E-state index contributed by atoms with van der Waals surface area (Å²) >= 11 is 0. The van der Waals surface area contributed by atoms with E-state index in [0.29, 0.717) is 24.2 Å². The van der Waals surface area contributed by atoms with E-state index in [0.717, 1.165) is 19.3 Å². The molecule has 2 fully saturated rings. The quantitative estimate of drug-likeness (QED) is 0.621. The first-order valence-electron chi connectivity index (χ1n) is 9.24. The van der Waals surface area contributed by atoms with Crippen molar-refractivity contribution in [3.63, 3.8) is 0 Å². The van der Waals surface area contributed by atoms with E-state index in [4.69, 9.17) is 4.43 Å². The van der Waals surface area contributed by atoms with Gasteiger partial charge in [0.05, 0.1) is 8.07 Å². The lowest BCUT2D eigenvalue weighted by molar-refractivity contribution is -0.127. The standard InChI is InChI=1S/C19H36O2Si2/c1-19(2,3)23(7,8)21-17-12-11-16(20)18-14(9-10-15(17)18)13-22(4,5)6/h13,15,17-18H,9-12H2,1-8H3/b14-13+/t15-,17+,18-/m1/s1. The molecule has 0 spiro atoms. The lowest BCUT2D eigenvalue weighted by Crippen LogP contribution is -2.48. The van der Waals surface area contributed by atoms with Crippen LogP contribution in [0.15, 0.2) is 11.3 Å². The minimum atomic E-state index is -1.77. The van der Waals surface area contributed by atoms with Crippen molar-refractivity contribution in [2.24, 2.45) is 11.8 Å². The smallest absolute Gasteiger partial charge is 0.192 e. The van der Waals surface area contributed by atoms with Gasteiger partial charge in [0.2, 0.25) is 0 Å². The summed E-state index contributed by atoms with van der Waals surface area (Å²) in [5.41, 5.74) is 3.94. The maximum absolute atomic E-state index is 12.6. The molecule has 3 atom stereocenters. The minimum Gasteiger partial charge on any atom is -0.414 e. The fourth-order valence-electron chi connectivity index (χ4n) is 3.85. The number of carbonyl (C=O) groups excluding carboxylic acids is 1. The molecule has 0 heterocycles. The number of Topliss-reactive ketones (excluding diaryl/α,β-unsaturated/α-hetero) is 1. The first-order chi connectivity index (χ1) is 10.3. The first kappa shape index (κ1) is 19.1. The average molecular weight is 353 g/mol. The predicted molar refractivity (Wildman–Crippen MR) is 104 cm³/mol. The van der Waals surface area contributed by atoms with Gasteiger partial charge in [-0.3, -0.25) is 4.79 Å². The van der Waals surface area contributed by atoms with Crippen molar-refractivity contribution in [3.8, 4) is 0 Å². The molecule has 0 aliphatic heterocycles. The van der Waals surface area contributed by atoms with Crippen LogP contribution in [0.1, 0.15) is 46.5 Å². The van der Waals surface area contributed by atoms with E-state index in [2.05, 4.69) is 59.2 Å². The van der Waals surface area contributed by atoms with E-state index in [9.17, 15) is 4.79 Å². The zero-order valence-corrected chi connectivity index (χ0v) is 18.5. The molecule has 2 nitrogen and oxygen atoms in total. The van der Waals surface area contributed by atoms with Crippen molar-refractivity contribution in [1.29, 1.82) is 0 Å². The van der Waals surface area contributed by atoms with Gasteiger partial charge in [-0.2, -0.15) is 0 Å². The van der Waals surface area contributed by atoms with Crippen LogP contribution in [-0.2, 0) is 9.22 Å². The molecule has 0 amide bonds. The number of ketones is 1. The number of hydrogen-bond acceptors (Lipinski definition) is 2. The van der Waals surface area contributed by atoms with Gasteiger partial charge in [0.1, 0.15) is 5.78 Å². The summed E-state index contributed by atoms with van der Waals surface area (Å²) in [5.74, 6) is 1.09. The van der Waals surface area contributed by atoms with Crippen molar-refractivity contribution in [3.05, 3.63) is 11.3 Å². The molecule has 0 aromatic heterocycles. The first-order valence-corrected chi connectivity index (χ1v) is 15.7. The fourth-order valence-corrected chi connectivity index (χ4v) is 6.69. The molecule has 0 aromatic rings. The van der Waals surface area contributed by atoms with Crippen LogP contribution in [0.25, 0.3) is 0 Å². The third-order valence-electron chi connectivity index (χ3n) is 5.96. The topological polar surface area (TPSA) is 26.3 Å². The highest BCUT2D eigenvalue weighted by Gasteiger charge is 2.48. The molecule has 0 bridgehead atoms. The van der Waals surface area contributed by atoms with Crippen molar-refractivity contribution < 1.29 is 9.22 Å². The van der Waals surface area contributed by atoms with Crippen molar-refractivity contribution in [2.45, 2.75) is 90.3 Å². The fraction of sp³-hybridized carbons (Fsp3) is 0.842. The molecule has 0 N–H and O–H groups in total. The number of carbonyl (C=O) groups is 1. The molecule has 2 aliphatic carbocycles. The normalized spacial score (nSPS) is 31.6. The van der Waals surface area contributed by atoms with E-state index >= 15 is 0 Å². The van der Waals surface area contributed by atoms with Crippen molar-refractivity contribution >= 4 is 22.2 Å². The van der Waals surface area contributed by atoms with Gasteiger partial charge in [0, 0.05) is 18.4 Å². The lowest BCUT2D eigenvalue weighted by Gasteiger charge is -2.43. The predicted octanol–water partition coefficient (Wildman–Crippen LogP) is 5.57. The Morgan fingerprint density at radius 2 is 1.65 bits per heavy atom. The van der Waals surface area contributed by atoms with Gasteiger partial charge in [-0.05, 0) is 43.3 Å². The maximum Gasteiger partial charge on any atom is 0.192 e. The molecule has 0 aromatic carbocycles. The van der Waals surface area contributed by atoms with Gasteiger partial charge < -0.3 is 4.43 Å². The van der Waals surface area contributed by atoms with Gasteiger partial charge in [0.15, 0.2) is 8.32 Å². The van der Waals surface area contributed by atoms with E-state index < -0.39 is 16.4 Å². The number of hydrogen-bond donors (Lipinski definition) is 0. The van der Waals surface area contributed by atoms with Crippen LogP contribution in [0.2, 0.25) is 37.8 Å². The van der Waals surface area contributed by atoms with Gasteiger partial charge >= 0.3 is 0 Å². The Kier molecular flexibility index (Phi) is 5.21. The highest BCUT2D eigenvalue weighted by molar-refractivity contribution is 6.81. The van der Waals surface area contributed by atoms with Crippen LogP contribution in [-0.4, -0.2) is 28.3 Å². The van der Waals surface area contributed by atoms with E-state index in [1.807, 2.05) is 0 Å². The third kappa shape index (κ3) is 4.26. The number of rotatable bonds is 3. The molecular formula is C19H36O2Si2. The Morgan fingerprint density at radius 1 is 1.04 bits per heavy atom. The Balaban J connectivity index is 2.22. The molecule has 2 rings (SSSR count). The van der Waals surface area contributed by atoms with Crippen molar-refractivity contribution in [1.82, 2.24) is 0 Å². The second-order valence-electron chi connectivity index (χ2n) is 10.2. The Hall–Kier alpha value is -0.196. The summed E-state index contributed by atoms with van der Waals surface area (Å²) in [6, 6.07) is 0. The van der Waals surface area contributed by atoms with E-state index in [1.165, 1.54) is 5.57 Å². The summed E-state index contributed by atoms with van der Waals surface area (Å²) in [6.07, 6.45) is 4.21. The van der Waals surface area contributed by atoms with Crippen LogP contribution >= 0.6 is 0 Å².